The number of rotatable bonds is 26. The summed E-state index contributed by atoms with van der Waals surface area (Å²) in [6, 6.07) is 16.4. The van der Waals surface area contributed by atoms with Gasteiger partial charge in [-0.1, -0.05) is 43.8 Å². The lowest BCUT2D eigenvalue weighted by Crippen LogP contribution is -2.40. The van der Waals surface area contributed by atoms with Crippen LogP contribution in [0.2, 0.25) is 0 Å². The third kappa shape index (κ3) is 12.9. The molecule has 3 aromatic heterocycles. The Bertz CT molecular complexity index is 2890. The molecule has 4 heterocycles. The molecule has 0 radical (unpaired) electrons. The number of ether oxygens (including phenoxy) is 5. The molecule has 3 aromatic carbocycles. The molecule has 7 rings (SSSR count). The van der Waals surface area contributed by atoms with Crippen molar-refractivity contribution in [3.8, 4) is 22.8 Å². The summed E-state index contributed by atoms with van der Waals surface area (Å²) in [6.07, 6.45) is 2.67. The number of aromatic nitrogens is 3. The number of carbonyl (C=O) groups is 2. The Labute approximate surface area is 409 Å². The van der Waals surface area contributed by atoms with Gasteiger partial charge in [-0.25, -0.2) is 27.2 Å². The van der Waals surface area contributed by atoms with Gasteiger partial charge in [-0.2, -0.15) is 0 Å². The fraction of sp³-hybridized carbons (Fsp3) is 0.360. The molecule has 1 fully saturated rings. The van der Waals surface area contributed by atoms with E-state index in [4.69, 9.17) is 23.7 Å². The van der Waals surface area contributed by atoms with Crippen molar-refractivity contribution in [2.24, 2.45) is 0 Å². The van der Waals surface area contributed by atoms with E-state index in [0.29, 0.717) is 55.4 Å². The Morgan fingerprint density at radius 2 is 1.63 bits per heavy atom. The average molecular weight is 1000 g/mol. The van der Waals surface area contributed by atoms with Gasteiger partial charge in [-0.3, -0.25) is 14.3 Å². The molecule has 0 bridgehead atoms. The minimum atomic E-state index is -3.90. The second kappa shape index (κ2) is 24.0. The minimum Gasteiger partial charge on any atom is -0.491 e. The van der Waals surface area contributed by atoms with Crippen LogP contribution in [-0.2, 0) is 30.8 Å². The molecule has 1 saturated heterocycles. The van der Waals surface area contributed by atoms with Crippen molar-refractivity contribution in [2.45, 2.75) is 52.3 Å². The van der Waals surface area contributed by atoms with E-state index in [1.807, 2.05) is 36.7 Å². The Morgan fingerprint density at radius 3 is 2.31 bits per heavy atom. The number of benzene rings is 3. The van der Waals surface area contributed by atoms with Gasteiger partial charge in [-0.05, 0) is 56.2 Å². The zero-order chi connectivity index (χ0) is 49.8. The van der Waals surface area contributed by atoms with Crippen LogP contribution in [0.1, 0.15) is 62.0 Å². The molecule has 6 aromatic rings. The van der Waals surface area contributed by atoms with Crippen molar-refractivity contribution in [1.82, 2.24) is 25.2 Å². The van der Waals surface area contributed by atoms with Crippen LogP contribution in [0.5, 0.6) is 11.5 Å². The van der Waals surface area contributed by atoms with Crippen LogP contribution in [0.3, 0.4) is 0 Å². The zero-order valence-corrected chi connectivity index (χ0v) is 40.7. The van der Waals surface area contributed by atoms with Crippen LogP contribution in [0.4, 0.5) is 14.5 Å². The van der Waals surface area contributed by atoms with Crippen LogP contribution < -0.4 is 19.5 Å². The van der Waals surface area contributed by atoms with Gasteiger partial charge in [0.1, 0.15) is 36.2 Å². The summed E-state index contributed by atoms with van der Waals surface area (Å²) < 4.78 is 85.3. The monoisotopic (exact) mass is 1000 g/mol. The first-order valence-corrected chi connectivity index (χ1v) is 25.3. The van der Waals surface area contributed by atoms with E-state index in [2.05, 4.69) is 38.5 Å². The number of H-pyrrole nitrogens is 1. The molecule has 2 atom stereocenters. The molecule has 4 N–H and O–H groups in total. The van der Waals surface area contributed by atoms with Gasteiger partial charge in [0.25, 0.3) is 5.91 Å². The number of halogens is 2. The third-order valence-electron chi connectivity index (χ3n) is 11.5. The van der Waals surface area contributed by atoms with Crippen LogP contribution in [0.15, 0.2) is 90.8 Å². The number of aryl methyl sites for hydroxylation is 1. The molecule has 1 aliphatic heterocycles. The Morgan fingerprint density at radius 1 is 0.929 bits per heavy atom. The zero-order valence-electron chi connectivity index (χ0n) is 39.1. The second-order valence-electron chi connectivity index (χ2n) is 16.5. The fourth-order valence-electron chi connectivity index (χ4n) is 7.91. The second-order valence-corrected chi connectivity index (χ2v) is 19.4. The Kier molecular flexibility index (Phi) is 17.7. The lowest BCUT2D eigenvalue weighted by Gasteiger charge is -2.27. The van der Waals surface area contributed by atoms with E-state index in [1.165, 1.54) is 18.5 Å². The molecule has 1 amide bonds. The van der Waals surface area contributed by atoms with Crippen molar-refractivity contribution in [2.75, 3.05) is 69.9 Å². The lowest BCUT2D eigenvalue weighted by molar-refractivity contribution is 0.00495. The maximum absolute atomic E-state index is 15.4. The fourth-order valence-corrected chi connectivity index (χ4v) is 9.64. The molecule has 372 valence electrons. The molecule has 1 aliphatic rings. The van der Waals surface area contributed by atoms with Crippen molar-refractivity contribution in [3.63, 3.8) is 0 Å². The van der Waals surface area contributed by atoms with E-state index in [1.54, 1.807) is 41.4 Å². The van der Waals surface area contributed by atoms with Gasteiger partial charge in [0.05, 0.1) is 86.2 Å². The van der Waals surface area contributed by atoms with E-state index in [0.717, 1.165) is 33.8 Å². The number of aliphatic hydroxyl groups is 1. The maximum atomic E-state index is 15.4. The lowest BCUT2D eigenvalue weighted by atomic mass is 10.0. The largest absolute Gasteiger partial charge is 0.491 e. The van der Waals surface area contributed by atoms with Crippen molar-refractivity contribution < 1.29 is 55.6 Å². The number of amides is 1. The number of β-amino-alcohol motifs (C(OH)–C–C–N with tert-alkyl or cyclic N) is 1. The summed E-state index contributed by atoms with van der Waals surface area (Å²) in [5.41, 5.74) is 5.51. The minimum absolute atomic E-state index is 0.0826. The van der Waals surface area contributed by atoms with Crippen LogP contribution >= 0.6 is 11.3 Å². The molecular formula is C50H56F2N6O10S2. The topological polar surface area (TPSA) is 204 Å². The van der Waals surface area contributed by atoms with Gasteiger partial charge < -0.3 is 44.0 Å². The number of fused-ring (bicyclic) bond motifs is 1. The van der Waals surface area contributed by atoms with Gasteiger partial charge in [0.2, 0.25) is 15.8 Å². The number of hydrogen-bond donors (Lipinski definition) is 4. The number of thiazole rings is 1. The van der Waals surface area contributed by atoms with Crippen molar-refractivity contribution in [1.29, 1.82) is 0 Å². The number of anilines is 1. The van der Waals surface area contributed by atoms with E-state index >= 15 is 4.39 Å². The molecule has 0 unspecified atom stereocenters. The Balaban J connectivity index is 0.777. The highest BCUT2D eigenvalue weighted by Gasteiger charge is 2.37. The summed E-state index contributed by atoms with van der Waals surface area (Å²) in [5, 5.41) is 14.2. The first-order chi connectivity index (χ1) is 33.7. The van der Waals surface area contributed by atoms with Gasteiger partial charge >= 0.3 is 0 Å². The van der Waals surface area contributed by atoms with Crippen LogP contribution in [0.25, 0.3) is 22.3 Å². The van der Waals surface area contributed by atoms with Gasteiger partial charge in [0.15, 0.2) is 5.82 Å². The predicted molar refractivity (Wildman–Crippen MR) is 262 cm³/mol. The number of nitrogens with one attached hydrogen (secondary N) is 3. The number of likely N-dealkylation sites (tertiary alicyclic amines) is 1. The summed E-state index contributed by atoms with van der Waals surface area (Å²) in [5.74, 6) is -3.14. The summed E-state index contributed by atoms with van der Waals surface area (Å²) in [4.78, 5) is 41.7. The molecule has 70 heavy (non-hydrogen) atoms. The number of nitrogens with zero attached hydrogens (tertiary/aromatic N) is 3. The third-order valence-corrected chi connectivity index (χ3v) is 13.7. The molecule has 0 aliphatic carbocycles. The summed E-state index contributed by atoms with van der Waals surface area (Å²) in [6.45, 7) is 12.6. The standard InChI is InChI=1S/C50H56F2N6O10S2/c1-5-23-70(62,63)57-42-14-13-41(51)45(46(42)52)48(60)40-28-55-49-39(40)25-37(27-54-49)67-21-19-65-17-15-64-16-18-66-20-22-68-44-8-6-7-38(31(44)2)50(61)58-29-36(59)24-43(58)32(3)53-26-34-9-11-35(12-10-34)47-33(4)69-30-56-47/h6-14,25,27-28,30,36,43,53,57,59H,3,5,15-24,26,29H2,1-2,4H3,(H,54,55)/t36-,43+/m1/s1. The van der Waals surface area contributed by atoms with Gasteiger partial charge in [0, 0.05) is 63.9 Å². The van der Waals surface area contributed by atoms with Crippen LogP contribution in [0, 0.1) is 25.5 Å². The molecule has 0 spiro atoms. The number of sulfonamides is 1. The van der Waals surface area contributed by atoms with E-state index in [-0.39, 0.29) is 86.0 Å². The summed E-state index contributed by atoms with van der Waals surface area (Å²) in [7, 11) is -3.90. The quantitative estimate of drug-likeness (QED) is 0.0311. The maximum Gasteiger partial charge on any atom is 0.254 e. The molecule has 0 saturated carbocycles. The number of aliphatic hydroxyl groups excluding tert-OH is 1. The number of ketones is 1. The highest BCUT2D eigenvalue weighted by molar-refractivity contribution is 7.92. The number of carbonyl (C=O) groups excluding carboxylic acids is 2. The molecule has 20 heteroatoms. The van der Waals surface area contributed by atoms with E-state index in [9.17, 15) is 27.5 Å². The SMILES string of the molecule is C=C(NCc1ccc(-c2ncsc2C)cc1)[C@@H]1C[C@@H](O)CN1C(=O)c1cccc(OCCOCCOCCOCCOc2cnc3[nH]cc(C(=O)c4c(F)ccc(NS(=O)(=O)CCC)c4F)c3c2)c1C. The number of pyridine rings is 1. The van der Waals surface area contributed by atoms with E-state index < -0.39 is 44.8 Å². The normalized spacial score (nSPS) is 14.8. The highest BCUT2D eigenvalue weighted by atomic mass is 32.2. The first kappa shape index (κ1) is 51.6. The van der Waals surface area contributed by atoms with Gasteiger partial charge in [-0.15, -0.1) is 11.3 Å². The number of aromatic amines is 1. The number of hydrogen-bond acceptors (Lipinski definition) is 14. The smallest absolute Gasteiger partial charge is 0.254 e. The van der Waals surface area contributed by atoms with Crippen molar-refractivity contribution in [3.05, 3.63) is 135 Å². The van der Waals surface area contributed by atoms with Crippen molar-refractivity contribution >= 4 is 49.8 Å². The first-order valence-electron chi connectivity index (χ1n) is 22.7. The molecular weight excluding hydrogens is 947 g/mol. The van der Waals surface area contributed by atoms with Crippen LogP contribution in [-0.4, -0.2) is 122 Å². The predicted octanol–water partition coefficient (Wildman–Crippen LogP) is 7.35. The average Bonchev–Trinajstić information content (AvgIpc) is 4.09. The highest BCUT2D eigenvalue weighted by Crippen LogP contribution is 2.31. The summed E-state index contributed by atoms with van der Waals surface area (Å²) >= 11 is 1.61. The molecule has 16 nitrogen and oxygen atoms in total. The Hall–Kier alpha value is -6.29.